The molecule has 0 fully saturated rings. The highest BCUT2D eigenvalue weighted by molar-refractivity contribution is 6.30. The van der Waals surface area contributed by atoms with E-state index in [1.54, 1.807) is 48.5 Å². The van der Waals surface area contributed by atoms with E-state index in [9.17, 15) is 19.2 Å². The monoisotopic (exact) mass is 485 g/mol. The number of ether oxygens (including phenoxy) is 3. The predicted octanol–water partition coefficient (Wildman–Crippen LogP) is 4.22. The van der Waals surface area contributed by atoms with Gasteiger partial charge in [-0.15, -0.1) is 0 Å². The second-order valence-electron chi connectivity index (χ2n) is 7.93. The molecular weight excluding hydrogens is 462 g/mol. The van der Waals surface area contributed by atoms with Gasteiger partial charge in [0.05, 0.1) is 23.9 Å². The van der Waals surface area contributed by atoms with Crippen LogP contribution in [0.5, 0.6) is 11.5 Å². The third-order valence-electron chi connectivity index (χ3n) is 5.62. The zero-order valence-corrected chi connectivity index (χ0v) is 19.7. The van der Waals surface area contributed by atoms with E-state index in [0.717, 1.165) is 0 Å². The standard InChI is InChI=1S/C28H23NO7/c1-4-14-35-22-13-12-17(15-23(22)34-3)28(33)36-16(2)27(32)29-21-11-7-10-20-24(21)26(31)19-9-6-5-8-18(19)25(20)30/h4-13,15-16H,1,14H2,2-3H3,(H,29,32). The molecule has 0 heterocycles. The molecule has 1 aliphatic carbocycles. The minimum absolute atomic E-state index is 0.105. The minimum Gasteiger partial charge on any atom is -0.493 e. The first kappa shape index (κ1) is 24.4. The molecule has 8 nitrogen and oxygen atoms in total. The summed E-state index contributed by atoms with van der Waals surface area (Å²) in [5.74, 6) is -1.33. The van der Waals surface area contributed by atoms with Gasteiger partial charge in [-0.3, -0.25) is 14.4 Å². The third kappa shape index (κ3) is 4.61. The van der Waals surface area contributed by atoms with Gasteiger partial charge in [-0.25, -0.2) is 4.79 Å². The highest BCUT2D eigenvalue weighted by Gasteiger charge is 2.32. The van der Waals surface area contributed by atoms with Crippen LogP contribution in [-0.4, -0.2) is 43.3 Å². The van der Waals surface area contributed by atoms with Crippen LogP contribution in [0.2, 0.25) is 0 Å². The first-order valence-electron chi connectivity index (χ1n) is 11.1. The number of methoxy groups -OCH3 is 1. The summed E-state index contributed by atoms with van der Waals surface area (Å²) in [6, 6.07) is 15.7. The van der Waals surface area contributed by atoms with Crippen molar-refractivity contribution in [1.82, 2.24) is 0 Å². The SMILES string of the molecule is C=CCOc1ccc(C(=O)OC(C)C(=O)Nc2cccc3c2C(=O)c2ccccc2C3=O)cc1OC. The molecule has 4 rings (SSSR count). The Morgan fingerprint density at radius 3 is 2.33 bits per heavy atom. The number of benzene rings is 3. The number of esters is 1. The molecule has 0 aliphatic heterocycles. The first-order valence-corrected chi connectivity index (χ1v) is 11.1. The van der Waals surface area contributed by atoms with Gasteiger partial charge in [-0.1, -0.05) is 49.1 Å². The second kappa shape index (κ2) is 10.3. The number of hydrogen-bond acceptors (Lipinski definition) is 7. The quantitative estimate of drug-likeness (QED) is 0.294. The van der Waals surface area contributed by atoms with E-state index in [4.69, 9.17) is 14.2 Å². The summed E-state index contributed by atoms with van der Waals surface area (Å²) in [5.41, 5.74) is 1.22. The van der Waals surface area contributed by atoms with Crippen molar-refractivity contribution in [3.05, 3.63) is 101 Å². The van der Waals surface area contributed by atoms with Crippen molar-refractivity contribution in [3.63, 3.8) is 0 Å². The van der Waals surface area contributed by atoms with Crippen LogP contribution in [-0.2, 0) is 9.53 Å². The third-order valence-corrected chi connectivity index (χ3v) is 5.62. The van der Waals surface area contributed by atoms with Crippen LogP contribution in [0.15, 0.2) is 73.3 Å². The summed E-state index contributed by atoms with van der Waals surface area (Å²) in [5, 5.41) is 2.62. The molecule has 0 saturated carbocycles. The second-order valence-corrected chi connectivity index (χ2v) is 7.93. The zero-order chi connectivity index (χ0) is 25.8. The van der Waals surface area contributed by atoms with Gasteiger partial charge in [0.2, 0.25) is 0 Å². The van der Waals surface area contributed by atoms with Crippen LogP contribution >= 0.6 is 0 Å². The summed E-state index contributed by atoms with van der Waals surface area (Å²) in [6.07, 6.45) is 0.381. The Labute approximate surface area is 207 Å². The Morgan fingerprint density at radius 2 is 1.64 bits per heavy atom. The molecule has 0 bridgehead atoms. The smallest absolute Gasteiger partial charge is 0.339 e. The van der Waals surface area contributed by atoms with Gasteiger partial charge in [0.25, 0.3) is 5.91 Å². The summed E-state index contributed by atoms with van der Waals surface area (Å²) in [7, 11) is 1.44. The number of amides is 1. The van der Waals surface area contributed by atoms with Gasteiger partial charge in [0.15, 0.2) is 29.2 Å². The van der Waals surface area contributed by atoms with Gasteiger partial charge in [-0.2, -0.15) is 0 Å². The molecule has 1 atom stereocenters. The lowest BCUT2D eigenvalue weighted by molar-refractivity contribution is -0.123. The van der Waals surface area contributed by atoms with E-state index in [1.807, 2.05) is 0 Å². The van der Waals surface area contributed by atoms with E-state index < -0.39 is 18.0 Å². The average Bonchev–Trinajstić information content (AvgIpc) is 2.90. The lowest BCUT2D eigenvalue weighted by atomic mass is 9.83. The van der Waals surface area contributed by atoms with Gasteiger partial charge < -0.3 is 19.5 Å². The van der Waals surface area contributed by atoms with Crippen molar-refractivity contribution in [2.24, 2.45) is 0 Å². The van der Waals surface area contributed by atoms with Crippen LogP contribution in [0, 0.1) is 0 Å². The Bertz CT molecular complexity index is 1390. The number of hydrogen-bond donors (Lipinski definition) is 1. The molecule has 0 radical (unpaired) electrons. The molecule has 1 aliphatic rings. The number of ketones is 2. The maximum Gasteiger partial charge on any atom is 0.339 e. The maximum atomic E-state index is 13.1. The fourth-order valence-electron chi connectivity index (χ4n) is 3.83. The Kier molecular flexibility index (Phi) is 6.96. The number of carbonyl (C=O) groups excluding carboxylic acids is 4. The molecule has 3 aromatic rings. The molecular formula is C28H23NO7. The summed E-state index contributed by atoms with van der Waals surface area (Å²) in [6.45, 7) is 5.26. The van der Waals surface area contributed by atoms with E-state index in [0.29, 0.717) is 17.1 Å². The molecule has 36 heavy (non-hydrogen) atoms. The van der Waals surface area contributed by atoms with E-state index in [2.05, 4.69) is 11.9 Å². The van der Waals surface area contributed by atoms with Crippen molar-refractivity contribution in [1.29, 1.82) is 0 Å². The average molecular weight is 485 g/mol. The molecule has 1 unspecified atom stereocenters. The summed E-state index contributed by atoms with van der Waals surface area (Å²) >= 11 is 0. The van der Waals surface area contributed by atoms with Crippen LogP contribution in [0.4, 0.5) is 5.69 Å². The lowest BCUT2D eigenvalue weighted by Gasteiger charge is -2.21. The molecule has 1 amide bonds. The fraction of sp³-hybridized carbons (Fsp3) is 0.143. The molecule has 0 spiro atoms. The summed E-state index contributed by atoms with van der Waals surface area (Å²) < 4.78 is 16.0. The largest absolute Gasteiger partial charge is 0.493 e. The Morgan fingerprint density at radius 1 is 0.944 bits per heavy atom. The van der Waals surface area contributed by atoms with E-state index >= 15 is 0 Å². The molecule has 0 aromatic heterocycles. The van der Waals surface area contributed by atoms with Crippen LogP contribution in [0.3, 0.4) is 0 Å². The highest BCUT2D eigenvalue weighted by Crippen LogP contribution is 2.32. The normalized spacial score (nSPS) is 12.6. The summed E-state index contributed by atoms with van der Waals surface area (Å²) in [4.78, 5) is 51.5. The first-order chi connectivity index (χ1) is 17.3. The van der Waals surface area contributed by atoms with Crippen molar-refractivity contribution in [2.45, 2.75) is 13.0 Å². The molecule has 1 N–H and O–H groups in total. The molecule has 8 heteroatoms. The zero-order valence-electron chi connectivity index (χ0n) is 19.7. The van der Waals surface area contributed by atoms with Crippen LogP contribution < -0.4 is 14.8 Å². The maximum absolute atomic E-state index is 13.1. The number of nitrogens with one attached hydrogen (secondary N) is 1. The minimum atomic E-state index is -1.20. The topological polar surface area (TPSA) is 108 Å². The molecule has 3 aromatic carbocycles. The van der Waals surface area contributed by atoms with Gasteiger partial charge in [0, 0.05) is 16.7 Å². The lowest BCUT2D eigenvalue weighted by Crippen LogP contribution is -2.31. The van der Waals surface area contributed by atoms with Crippen LogP contribution in [0.1, 0.15) is 49.1 Å². The number of fused-ring (bicyclic) bond motifs is 2. The number of rotatable bonds is 8. The predicted molar refractivity (Wildman–Crippen MR) is 132 cm³/mol. The van der Waals surface area contributed by atoms with E-state index in [-0.39, 0.29) is 46.1 Å². The molecule has 182 valence electrons. The van der Waals surface area contributed by atoms with Crippen molar-refractivity contribution in [3.8, 4) is 11.5 Å². The Hall–Kier alpha value is -4.72. The highest BCUT2D eigenvalue weighted by atomic mass is 16.5. The number of anilines is 1. The Balaban J connectivity index is 1.50. The van der Waals surface area contributed by atoms with Gasteiger partial charge in [0.1, 0.15) is 6.61 Å². The van der Waals surface area contributed by atoms with Gasteiger partial charge in [-0.05, 0) is 31.2 Å². The molecule has 0 saturated heterocycles. The van der Waals surface area contributed by atoms with Crippen molar-refractivity contribution >= 4 is 29.1 Å². The fourth-order valence-corrected chi connectivity index (χ4v) is 3.83. The van der Waals surface area contributed by atoms with Crippen molar-refractivity contribution < 1.29 is 33.4 Å². The van der Waals surface area contributed by atoms with Crippen LogP contribution in [0.25, 0.3) is 0 Å². The van der Waals surface area contributed by atoms with E-state index in [1.165, 1.54) is 32.2 Å². The van der Waals surface area contributed by atoms with Crippen molar-refractivity contribution in [2.75, 3.05) is 19.0 Å². The number of carbonyl (C=O) groups is 4. The van der Waals surface area contributed by atoms with Gasteiger partial charge >= 0.3 is 5.97 Å².